The van der Waals surface area contributed by atoms with Crippen molar-refractivity contribution >= 4 is 23.6 Å². The molecule has 5 rings (SSSR count). The number of nitrogens with one attached hydrogen (secondary N) is 1. The van der Waals surface area contributed by atoms with E-state index in [2.05, 4.69) is 33.4 Å². The summed E-state index contributed by atoms with van der Waals surface area (Å²) >= 11 is 0. The molecule has 2 aromatic heterocycles. The van der Waals surface area contributed by atoms with Gasteiger partial charge in [-0.05, 0) is 95.9 Å². The molecule has 1 N–H and O–H groups in total. The van der Waals surface area contributed by atoms with Crippen molar-refractivity contribution in [1.29, 1.82) is 0 Å². The third kappa shape index (κ3) is 7.85. The van der Waals surface area contributed by atoms with E-state index in [0.29, 0.717) is 37.6 Å². The van der Waals surface area contributed by atoms with Crippen LogP contribution in [0.2, 0.25) is 0 Å². The van der Waals surface area contributed by atoms with Crippen molar-refractivity contribution in [3.63, 3.8) is 0 Å². The Kier molecular flexibility index (Phi) is 9.98. The van der Waals surface area contributed by atoms with E-state index >= 15 is 0 Å². The molecule has 0 radical (unpaired) electrons. The Bertz CT molecular complexity index is 1570. The van der Waals surface area contributed by atoms with Gasteiger partial charge in [0, 0.05) is 24.2 Å². The first-order valence-electron chi connectivity index (χ1n) is 16.5. The number of carbonyl (C=O) groups is 3. The molecule has 46 heavy (non-hydrogen) atoms. The number of fused-ring (bicyclic) bond motifs is 1. The van der Waals surface area contributed by atoms with Crippen molar-refractivity contribution in [2.45, 2.75) is 111 Å². The fraction of sp³-hybridized carbons (Fsp3) is 0.600. The van der Waals surface area contributed by atoms with Gasteiger partial charge < -0.3 is 19.5 Å². The smallest absolute Gasteiger partial charge is 0.407 e. The van der Waals surface area contributed by atoms with Crippen LogP contribution >= 0.6 is 0 Å². The maximum Gasteiger partial charge on any atom is 0.407 e. The number of alkyl carbamates (subject to hydrolysis) is 1. The van der Waals surface area contributed by atoms with Crippen LogP contribution in [-0.2, 0) is 38.3 Å². The van der Waals surface area contributed by atoms with Crippen LogP contribution < -0.4 is 10.1 Å². The number of aromatic nitrogens is 4. The summed E-state index contributed by atoms with van der Waals surface area (Å²) < 4.78 is 19.2. The van der Waals surface area contributed by atoms with E-state index in [-0.39, 0.29) is 24.5 Å². The second-order valence-electron chi connectivity index (χ2n) is 13.7. The third-order valence-electron chi connectivity index (χ3n) is 8.97. The van der Waals surface area contributed by atoms with E-state index in [1.807, 2.05) is 52.8 Å². The molecule has 1 aliphatic carbocycles. The number of nitrogens with zero attached hydrogens (tertiary/aromatic N) is 4. The summed E-state index contributed by atoms with van der Waals surface area (Å²) in [5.74, 6) is 0.328. The lowest BCUT2D eigenvalue weighted by molar-refractivity contribution is -0.185. The number of ketones is 1. The largest absolute Gasteiger partial charge is 0.491 e. The minimum Gasteiger partial charge on any atom is -0.491 e. The van der Waals surface area contributed by atoms with E-state index in [1.165, 1.54) is 0 Å². The lowest BCUT2D eigenvalue weighted by Crippen LogP contribution is -2.52. The summed E-state index contributed by atoms with van der Waals surface area (Å²) in [5, 5.41) is 7.24. The fourth-order valence-electron chi connectivity index (χ4n) is 6.74. The fourth-order valence-corrected chi connectivity index (χ4v) is 6.74. The van der Waals surface area contributed by atoms with Crippen molar-refractivity contribution < 1.29 is 28.6 Å². The van der Waals surface area contributed by atoms with Gasteiger partial charge in [0.1, 0.15) is 29.5 Å². The standard InChI is InChI=1S/C35H47N5O6/c1-7-25-19-24(12-13-29(25)44-17-16-36-33(43)46-34(4,5)6)14-15-35(26-10-8-9-11-26)21-28(41)27(31(42)45-35)20-30-38-32-37-22(2)18-23(3)40(32)39-30/h12-13,18-19,26-27H,7-11,14-17,20-21H2,1-6H3,(H,36,43). The van der Waals surface area contributed by atoms with Gasteiger partial charge in [-0.25, -0.2) is 14.3 Å². The highest BCUT2D eigenvalue weighted by Crippen LogP contribution is 2.45. The van der Waals surface area contributed by atoms with Crippen LogP contribution in [-0.4, -0.2) is 61.8 Å². The molecule has 2 aliphatic rings. The molecule has 2 fully saturated rings. The van der Waals surface area contributed by atoms with Gasteiger partial charge in [0.05, 0.1) is 6.54 Å². The quantitative estimate of drug-likeness (QED) is 0.166. The molecule has 1 amide bonds. The zero-order valence-corrected chi connectivity index (χ0v) is 28.0. The summed E-state index contributed by atoms with van der Waals surface area (Å²) in [7, 11) is 0. The highest BCUT2D eigenvalue weighted by molar-refractivity contribution is 6.01. The molecule has 0 spiro atoms. The lowest BCUT2D eigenvalue weighted by Gasteiger charge is -2.43. The Balaban J connectivity index is 1.23. The lowest BCUT2D eigenvalue weighted by atomic mass is 9.73. The van der Waals surface area contributed by atoms with E-state index in [9.17, 15) is 14.4 Å². The highest BCUT2D eigenvalue weighted by Gasteiger charge is 2.51. The molecule has 0 bridgehead atoms. The Hall–Kier alpha value is -4.02. The number of esters is 1. The number of aryl methyl sites for hydroxylation is 4. The highest BCUT2D eigenvalue weighted by atomic mass is 16.6. The number of ether oxygens (including phenoxy) is 3. The number of Topliss-reactive ketones (excluding diaryl/α,β-unsaturated/α-hetero) is 1. The number of benzene rings is 1. The van der Waals surface area contributed by atoms with Crippen LogP contribution in [0.1, 0.15) is 94.6 Å². The average Bonchev–Trinajstić information content (AvgIpc) is 3.67. The van der Waals surface area contributed by atoms with Gasteiger partial charge in [-0.1, -0.05) is 31.9 Å². The second-order valence-corrected chi connectivity index (χ2v) is 13.7. The van der Waals surface area contributed by atoms with E-state index < -0.39 is 29.2 Å². The first-order chi connectivity index (χ1) is 21.9. The van der Waals surface area contributed by atoms with Crippen molar-refractivity contribution in [2.24, 2.45) is 11.8 Å². The second kappa shape index (κ2) is 13.8. The van der Waals surface area contributed by atoms with Crippen molar-refractivity contribution in [1.82, 2.24) is 24.9 Å². The van der Waals surface area contributed by atoms with Crippen molar-refractivity contribution in [3.05, 3.63) is 52.6 Å². The Morgan fingerprint density at radius 1 is 1.13 bits per heavy atom. The predicted molar refractivity (Wildman–Crippen MR) is 172 cm³/mol. The number of amides is 1. The van der Waals surface area contributed by atoms with Gasteiger partial charge in [0.25, 0.3) is 5.78 Å². The molecule has 11 heteroatoms. The molecule has 3 aromatic rings. The number of cyclic esters (lactones) is 1. The topological polar surface area (TPSA) is 134 Å². The molecule has 1 saturated heterocycles. The molecule has 1 saturated carbocycles. The maximum atomic E-state index is 13.7. The number of rotatable bonds is 11. The average molecular weight is 634 g/mol. The van der Waals surface area contributed by atoms with Crippen molar-refractivity contribution in [2.75, 3.05) is 13.2 Å². The van der Waals surface area contributed by atoms with Crippen LogP contribution in [0.4, 0.5) is 4.79 Å². The van der Waals surface area contributed by atoms with E-state index in [0.717, 1.165) is 60.4 Å². The predicted octanol–water partition coefficient (Wildman–Crippen LogP) is 5.44. The van der Waals surface area contributed by atoms with Crippen LogP contribution in [0, 0.1) is 25.7 Å². The first-order valence-corrected chi connectivity index (χ1v) is 16.5. The SMILES string of the molecule is CCc1cc(CCC2(C3CCCC3)CC(=O)C(Cc3nc4nc(C)cc(C)n4n3)C(=O)O2)ccc1OCCNC(=O)OC(C)(C)C. The summed E-state index contributed by atoms with van der Waals surface area (Å²) in [6.07, 6.45) is 5.94. The van der Waals surface area contributed by atoms with Crippen LogP contribution in [0.3, 0.4) is 0 Å². The first kappa shape index (κ1) is 33.3. The normalized spacial score (nSPS) is 20.6. The van der Waals surface area contributed by atoms with Gasteiger partial charge >= 0.3 is 12.1 Å². The molecule has 11 nitrogen and oxygen atoms in total. The van der Waals surface area contributed by atoms with E-state index in [1.54, 1.807) is 4.52 Å². The minimum absolute atomic E-state index is 0.0964. The minimum atomic E-state index is -0.915. The van der Waals surface area contributed by atoms with Gasteiger partial charge in [0.2, 0.25) is 0 Å². The number of carbonyl (C=O) groups excluding carboxylic acids is 3. The summed E-state index contributed by atoms with van der Waals surface area (Å²) in [6.45, 7) is 12.0. The Morgan fingerprint density at radius 3 is 2.59 bits per heavy atom. The van der Waals surface area contributed by atoms with Crippen LogP contribution in [0.5, 0.6) is 5.75 Å². The Morgan fingerprint density at radius 2 is 1.89 bits per heavy atom. The molecule has 248 valence electrons. The zero-order valence-electron chi connectivity index (χ0n) is 28.0. The molecule has 2 unspecified atom stereocenters. The molecular formula is C35H47N5O6. The van der Waals surface area contributed by atoms with Crippen LogP contribution in [0.15, 0.2) is 24.3 Å². The van der Waals surface area contributed by atoms with Gasteiger partial charge in [-0.3, -0.25) is 9.59 Å². The number of hydrogen-bond acceptors (Lipinski definition) is 9. The maximum absolute atomic E-state index is 13.7. The van der Waals surface area contributed by atoms with E-state index in [4.69, 9.17) is 14.2 Å². The monoisotopic (exact) mass is 633 g/mol. The zero-order chi connectivity index (χ0) is 33.1. The van der Waals surface area contributed by atoms with Gasteiger partial charge in [0.15, 0.2) is 11.6 Å². The number of hydrogen-bond donors (Lipinski definition) is 1. The molecule has 1 aliphatic heterocycles. The molecule has 3 heterocycles. The molecule has 1 aromatic carbocycles. The summed E-state index contributed by atoms with van der Waals surface area (Å²) in [4.78, 5) is 48.1. The van der Waals surface area contributed by atoms with Crippen LogP contribution in [0.25, 0.3) is 5.78 Å². The Labute approximate surface area is 270 Å². The van der Waals surface area contributed by atoms with Crippen molar-refractivity contribution in [3.8, 4) is 5.75 Å². The van der Waals surface area contributed by atoms with Gasteiger partial charge in [-0.15, -0.1) is 5.10 Å². The molecular weight excluding hydrogens is 586 g/mol. The molecule has 2 atom stereocenters. The third-order valence-corrected chi connectivity index (χ3v) is 8.97. The van der Waals surface area contributed by atoms with Gasteiger partial charge in [-0.2, -0.15) is 4.98 Å². The summed E-state index contributed by atoms with van der Waals surface area (Å²) in [5.41, 5.74) is 2.52. The summed E-state index contributed by atoms with van der Waals surface area (Å²) in [6, 6.07) is 8.03.